The zero-order chi connectivity index (χ0) is 19.2. The molecule has 2 rings (SSSR count). The number of hydrogen-bond donors (Lipinski definition) is 3. The maximum Gasteiger partial charge on any atom is 0.159 e. The van der Waals surface area contributed by atoms with Crippen molar-refractivity contribution >= 4 is 9.84 Å². The highest BCUT2D eigenvalue weighted by molar-refractivity contribution is 7.91. The van der Waals surface area contributed by atoms with Gasteiger partial charge in [-0.2, -0.15) is 0 Å². The molecule has 0 unspecified atom stereocenters. The molecule has 1 fully saturated rings. The van der Waals surface area contributed by atoms with Crippen molar-refractivity contribution in [2.24, 2.45) is 0 Å². The summed E-state index contributed by atoms with van der Waals surface area (Å²) in [5, 5.41) is 22.6. The van der Waals surface area contributed by atoms with E-state index in [9.17, 15) is 18.6 Å². The summed E-state index contributed by atoms with van der Waals surface area (Å²) < 4.78 is 23.3. The number of phenolic OH excluding ortho intramolecular Hbond substituents is 1. The van der Waals surface area contributed by atoms with E-state index >= 15 is 0 Å². The molecule has 1 saturated heterocycles. The van der Waals surface area contributed by atoms with E-state index < -0.39 is 15.9 Å². The van der Waals surface area contributed by atoms with Gasteiger partial charge in [-0.25, -0.2) is 8.42 Å². The third-order valence-corrected chi connectivity index (χ3v) is 6.55. The Bertz CT molecular complexity index is 707. The molecule has 5 nitrogen and oxygen atoms in total. The Morgan fingerprint density at radius 2 is 1.52 bits per heavy atom. The molecule has 6 heteroatoms. The summed E-state index contributed by atoms with van der Waals surface area (Å²) in [6.45, 7) is 13.0. The van der Waals surface area contributed by atoms with Crippen LogP contribution in [-0.4, -0.2) is 42.3 Å². The number of phenols is 1. The zero-order valence-corrected chi connectivity index (χ0v) is 16.9. The second-order valence-corrected chi connectivity index (χ2v) is 11.4. The quantitative estimate of drug-likeness (QED) is 0.746. The van der Waals surface area contributed by atoms with E-state index in [0.717, 1.165) is 16.7 Å². The van der Waals surface area contributed by atoms with Crippen molar-refractivity contribution in [3.63, 3.8) is 0 Å². The monoisotopic (exact) mass is 370 g/mol. The lowest BCUT2D eigenvalue weighted by molar-refractivity contribution is -0.705. The van der Waals surface area contributed by atoms with E-state index in [4.69, 9.17) is 0 Å². The maximum absolute atomic E-state index is 11.7. The van der Waals surface area contributed by atoms with Gasteiger partial charge in [0.2, 0.25) is 0 Å². The fourth-order valence-corrected chi connectivity index (χ4v) is 5.17. The Morgan fingerprint density at radius 3 is 1.88 bits per heavy atom. The highest BCUT2D eigenvalue weighted by Gasteiger charge is 2.39. The molecule has 25 heavy (non-hydrogen) atoms. The SMILES string of the molecule is CC(C)(C)c1cc(C[NH2+][C@@H]2CS(=O)(=O)C[C@@H]2O)cc(C(C)(C)C)c1O. The molecular weight excluding hydrogens is 338 g/mol. The van der Waals surface area contributed by atoms with E-state index in [1.54, 1.807) is 0 Å². The van der Waals surface area contributed by atoms with Crippen LogP contribution >= 0.6 is 0 Å². The summed E-state index contributed by atoms with van der Waals surface area (Å²) in [7, 11) is -3.14. The van der Waals surface area contributed by atoms with Gasteiger partial charge in [0.15, 0.2) is 9.84 Å². The lowest BCUT2D eigenvalue weighted by Gasteiger charge is -2.28. The van der Waals surface area contributed by atoms with Crippen LogP contribution in [0.1, 0.15) is 58.2 Å². The zero-order valence-electron chi connectivity index (χ0n) is 16.1. The Morgan fingerprint density at radius 1 is 1.04 bits per heavy atom. The predicted octanol–water partition coefficient (Wildman–Crippen LogP) is 1.21. The first-order valence-corrected chi connectivity index (χ1v) is 10.6. The Kier molecular flexibility index (Phi) is 5.30. The van der Waals surface area contributed by atoms with Crippen LogP contribution in [0.4, 0.5) is 0 Å². The molecule has 1 aromatic rings. The molecule has 1 aliphatic heterocycles. The van der Waals surface area contributed by atoms with E-state index in [1.165, 1.54) is 0 Å². The highest BCUT2D eigenvalue weighted by Crippen LogP contribution is 2.39. The highest BCUT2D eigenvalue weighted by atomic mass is 32.2. The Balaban J connectivity index is 2.32. The molecule has 4 N–H and O–H groups in total. The molecule has 0 saturated carbocycles. The van der Waals surface area contributed by atoms with Gasteiger partial charge in [0.05, 0.1) is 5.75 Å². The van der Waals surface area contributed by atoms with Crippen LogP contribution in [0.5, 0.6) is 5.75 Å². The topological polar surface area (TPSA) is 91.2 Å². The van der Waals surface area contributed by atoms with Gasteiger partial charge >= 0.3 is 0 Å². The van der Waals surface area contributed by atoms with E-state index in [0.29, 0.717) is 12.3 Å². The van der Waals surface area contributed by atoms with Crippen molar-refractivity contribution in [2.45, 2.75) is 71.1 Å². The van der Waals surface area contributed by atoms with Gasteiger partial charge in [0, 0.05) is 16.7 Å². The number of hydrogen-bond acceptors (Lipinski definition) is 4. The normalized spacial score (nSPS) is 23.8. The van der Waals surface area contributed by atoms with Gasteiger partial charge in [-0.3, -0.25) is 0 Å². The van der Waals surface area contributed by atoms with Crippen LogP contribution in [0.2, 0.25) is 0 Å². The molecule has 0 aliphatic carbocycles. The number of rotatable bonds is 3. The molecule has 2 atom stereocenters. The van der Waals surface area contributed by atoms with Crippen molar-refractivity contribution in [2.75, 3.05) is 11.5 Å². The van der Waals surface area contributed by atoms with Crippen LogP contribution in [0.15, 0.2) is 12.1 Å². The first-order chi connectivity index (χ1) is 11.2. The lowest BCUT2D eigenvalue weighted by atomic mass is 9.78. The molecule has 1 aliphatic rings. The number of sulfone groups is 1. The molecule has 0 aromatic heterocycles. The fraction of sp³-hybridized carbons (Fsp3) is 0.684. The molecule has 0 amide bonds. The van der Waals surface area contributed by atoms with E-state index in [2.05, 4.69) is 41.5 Å². The number of quaternary nitrogens is 1. The molecule has 0 radical (unpaired) electrons. The van der Waals surface area contributed by atoms with Crippen molar-refractivity contribution in [3.8, 4) is 5.75 Å². The fourth-order valence-electron chi connectivity index (χ4n) is 3.32. The number of benzene rings is 1. The molecule has 142 valence electrons. The summed E-state index contributed by atoms with van der Waals surface area (Å²) in [6.07, 6.45) is -0.814. The van der Waals surface area contributed by atoms with Crippen molar-refractivity contribution < 1.29 is 23.9 Å². The maximum atomic E-state index is 11.7. The minimum atomic E-state index is -3.14. The van der Waals surface area contributed by atoms with Crippen LogP contribution < -0.4 is 5.32 Å². The van der Waals surface area contributed by atoms with Crippen LogP contribution in [0.3, 0.4) is 0 Å². The number of aliphatic hydroxyl groups excluding tert-OH is 1. The van der Waals surface area contributed by atoms with Crippen LogP contribution in [0, 0.1) is 0 Å². The summed E-state index contributed by atoms with van der Waals surface area (Å²) >= 11 is 0. The number of aliphatic hydroxyl groups is 1. The Labute approximate surface area is 151 Å². The number of nitrogens with two attached hydrogens (primary N) is 1. The molecule has 0 spiro atoms. The van der Waals surface area contributed by atoms with Gasteiger partial charge in [0.25, 0.3) is 0 Å². The second-order valence-electron chi connectivity index (χ2n) is 9.29. The molecule has 0 bridgehead atoms. The van der Waals surface area contributed by atoms with Crippen LogP contribution in [0.25, 0.3) is 0 Å². The average Bonchev–Trinajstić information content (AvgIpc) is 2.67. The van der Waals surface area contributed by atoms with Gasteiger partial charge in [-0.1, -0.05) is 41.5 Å². The average molecular weight is 371 g/mol. The first kappa shape index (κ1) is 20.2. The van der Waals surface area contributed by atoms with Crippen molar-refractivity contribution in [1.82, 2.24) is 0 Å². The molecular formula is C19H32NO4S+. The smallest absolute Gasteiger partial charge is 0.159 e. The van der Waals surface area contributed by atoms with Gasteiger partial charge < -0.3 is 15.5 Å². The second kappa shape index (κ2) is 6.56. The predicted molar refractivity (Wildman–Crippen MR) is 99.6 cm³/mol. The first-order valence-electron chi connectivity index (χ1n) is 8.79. The Hall–Kier alpha value is -1.11. The van der Waals surface area contributed by atoms with E-state index in [1.807, 2.05) is 17.4 Å². The van der Waals surface area contributed by atoms with Gasteiger partial charge in [-0.15, -0.1) is 0 Å². The van der Waals surface area contributed by atoms with Crippen molar-refractivity contribution in [3.05, 3.63) is 28.8 Å². The lowest BCUT2D eigenvalue weighted by Crippen LogP contribution is -2.91. The summed E-state index contributed by atoms with van der Waals surface area (Å²) in [5.41, 5.74) is 2.42. The summed E-state index contributed by atoms with van der Waals surface area (Å²) in [6, 6.07) is 3.67. The third kappa shape index (κ3) is 4.74. The van der Waals surface area contributed by atoms with Gasteiger partial charge in [-0.05, 0) is 23.0 Å². The minimum absolute atomic E-state index is 0.0184. The number of aromatic hydroxyl groups is 1. The van der Waals surface area contributed by atoms with E-state index in [-0.39, 0.29) is 28.4 Å². The molecule has 1 aromatic carbocycles. The third-order valence-electron chi connectivity index (χ3n) is 4.81. The standard InChI is InChI=1S/C19H31NO4S/c1-18(2,3)13-7-12(8-14(17(13)22)19(4,5)6)9-20-15-10-25(23,24)11-16(15)21/h7-8,15-16,20-22H,9-11H2,1-6H3/p+1/t15-,16+/m1/s1. The summed E-state index contributed by atoms with van der Waals surface area (Å²) in [4.78, 5) is 0. The summed E-state index contributed by atoms with van der Waals surface area (Å²) in [5.74, 6) is 0.210. The van der Waals surface area contributed by atoms with Gasteiger partial charge in [0.1, 0.15) is 30.2 Å². The minimum Gasteiger partial charge on any atom is -0.507 e. The van der Waals surface area contributed by atoms with Crippen molar-refractivity contribution in [1.29, 1.82) is 0 Å². The largest absolute Gasteiger partial charge is 0.507 e. The van der Waals surface area contributed by atoms with Crippen LogP contribution in [-0.2, 0) is 27.2 Å². The molecule has 1 heterocycles.